The maximum atomic E-state index is 11.1. The van der Waals surface area contributed by atoms with Crippen LogP contribution in [0, 0.1) is 0 Å². The van der Waals surface area contributed by atoms with Gasteiger partial charge in [0.1, 0.15) is 0 Å². The molecule has 0 atom stereocenters. The standard InChI is InChI=1S/C9H7ClO5S2/c1-14-6-2-5(4-17(10,12)13)3-7-8(6)15-9(11)16-7/h2-3H,4H2,1H3. The van der Waals surface area contributed by atoms with Crippen LogP contribution in [-0.2, 0) is 14.8 Å². The average Bonchev–Trinajstić information content (AvgIpc) is 2.54. The van der Waals surface area contributed by atoms with Gasteiger partial charge in [-0.05, 0) is 17.7 Å². The minimum absolute atomic E-state index is 0.316. The second kappa shape index (κ2) is 4.32. The minimum atomic E-state index is -3.65. The predicted octanol–water partition coefficient (Wildman–Crippen LogP) is 1.93. The number of halogens is 1. The van der Waals surface area contributed by atoms with E-state index in [2.05, 4.69) is 0 Å². The van der Waals surface area contributed by atoms with Crippen LogP contribution in [0.1, 0.15) is 5.56 Å². The van der Waals surface area contributed by atoms with Crippen LogP contribution in [0.25, 0.3) is 10.3 Å². The smallest absolute Gasteiger partial charge is 0.396 e. The third kappa shape index (κ3) is 2.80. The highest BCUT2D eigenvalue weighted by Crippen LogP contribution is 2.30. The zero-order valence-electron chi connectivity index (χ0n) is 8.60. The van der Waals surface area contributed by atoms with E-state index in [0.717, 1.165) is 11.3 Å². The third-order valence-electron chi connectivity index (χ3n) is 2.02. The molecule has 0 fully saturated rings. The van der Waals surface area contributed by atoms with E-state index in [-0.39, 0.29) is 5.75 Å². The molecule has 2 rings (SSSR count). The molecule has 0 bridgehead atoms. The van der Waals surface area contributed by atoms with E-state index < -0.39 is 14.0 Å². The Labute approximate surface area is 105 Å². The lowest BCUT2D eigenvalue weighted by Crippen LogP contribution is -1.95. The van der Waals surface area contributed by atoms with Crippen LogP contribution in [-0.4, -0.2) is 15.5 Å². The summed E-state index contributed by atoms with van der Waals surface area (Å²) in [7, 11) is 2.93. The van der Waals surface area contributed by atoms with Gasteiger partial charge in [-0.3, -0.25) is 0 Å². The van der Waals surface area contributed by atoms with Crippen molar-refractivity contribution < 1.29 is 17.6 Å². The molecule has 0 amide bonds. The first-order valence-corrected chi connectivity index (χ1v) is 7.71. The molecule has 8 heteroatoms. The number of ether oxygens (including phenoxy) is 1. The lowest BCUT2D eigenvalue weighted by molar-refractivity contribution is 0.408. The van der Waals surface area contributed by atoms with Gasteiger partial charge in [-0.25, -0.2) is 13.2 Å². The van der Waals surface area contributed by atoms with Crippen LogP contribution < -0.4 is 9.68 Å². The number of hydrogen-bond acceptors (Lipinski definition) is 6. The van der Waals surface area contributed by atoms with Crippen molar-refractivity contribution in [1.29, 1.82) is 0 Å². The van der Waals surface area contributed by atoms with E-state index in [1.165, 1.54) is 13.2 Å². The third-order valence-corrected chi connectivity index (χ3v) is 3.80. The first-order valence-electron chi connectivity index (χ1n) is 4.42. The molecular formula is C9H7ClO5S2. The van der Waals surface area contributed by atoms with Crippen molar-refractivity contribution in [3.63, 3.8) is 0 Å². The van der Waals surface area contributed by atoms with Gasteiger partial charge in [-0.1, -0.05) is 11.3 Å². The molecule has 0 unspecified atom stereocenters. The first-order chi connectivity index (χ1) is 7.89. The van der Waals surface area contributed by atoms with Gasteiger partial charge in [0, 0.05) is 10.7 Å². The second-order valence-electron chi connectivity index (χ2n) is 3.26. The van der Waals surface area contributed by atoms with E-state index >= 15 is 0 Å². The second-order valence-corrected chi connectivity index (χ2v) is 7.02. The highest BCUT2D eigenvalue weighted by atomic mass is 35.7. The van der Waals surface area contributed by atoms with E-state index in [0.29, 0.717) is 21.6 Å². The largest absolute Gasteiger partial charge is 0.493 e. The van der Waals surface area contributed by atoms with Crippen LogP contribution in [0.15, 0.2) is 21.3 Å². The average molecular weight is 295 g/mol. The highest BCUT2D eigenvalue weighted by Gasteiger charge is 2.14. The van der Waals surface area contributed by atoms with Crippen LogP contribution in [0.5, 0.6) is 5.75 Å². The van der Waals surface area contributed by atoms with E-state index in [1.54, 1.807) is 6.07 Å². The van der Waals surface area contributed by atoms with Crippen molar-refractivity contribution in [3.8, 4) is 5.75 Å². The van der Waals surface area contributed by atoms with E-state index in [1.807, 2.05) is 0 Å². The van der Waals surface area contributed by atoms with Crippen LogP contribution in [0.2, 0.25) is 0 Å². The molecule has 0 saturated heterocycles. The van der Waals surface area contributed by atoms with Gasteiger partial charge in [0.25, 0.3) is 0 Å². The first kappa shape index (κ1) is 12.4. The lowest BCUT2D eigenvalue weighted by atomic mass is 10.2. The Balaban J connectivity index is 2.63. The number of fused-ring (bicyclic) bond motifs is 1. The number of hydrogen-bond donors (Lipinski definition) is 0. The molecule has 0 N–H and O–H groups in total. The number of benzene rings is 1. The monoisotopic (exact) mass is 294 g/mol. The van der Waals surface area contributed by atoms with Gasteiger partial charge < -0.3 is 9.15 Å². The van der Waals surface area contributed by atoms with Gasteiger partial charge >= 0.3 is 4.94 Å². The predicted molar refractivity (Wildman–Crippen MR) is 65.4 cm³/mol. The molecule has 5 nitrogen and oxygen atoms in total. The topological polar surface area (TPSA) is 73.6 Å². The normalized spacial score (nSPS) is 11.9. The van der Waals surface area contributed by atoms with Gasteiger partial charge in [-0.2, -0.15) is 0 Å². The van der Waals surface area contributed by atoms with Crippen molar-refractivity contribution in [2.45, 2.75) is 5.75 Å². The molecule has 92 valence electrons. The molecule has 0 saturated carbocycles. The van der Waals surface area contributed by atoms with Crippen molar-refractivity contribution in [1.82, 2.24) is 0 Å². The highest BCUT2D eigenvalue weighted by molar-refractivity contribution is 8.13. The van der Waals surface area contributed by atoms with Crippen molar-refractivity contribution in [2.24, 2.45) is 0 Å². The summed E-state index contributed by atoms with van der Waals surface area (Å²) >= 11 is 0.882. The Morgan fingerprint density at radius 2 is 2.18 bits per heavy atom. The Bertz CT molecular complexity index is 713. The Morgan fingerprint density at radius 3 is 2.76 bits per heavy atom. The molecule has 0 aliphatic rings. The fourth-order valence-electron chi connectivity index (χ4n) is 1.44. The Kier molecular flexibility index (Phi) is 3.15. The SMILES string of the molecule is COc1cc(CS(=O)(=O)Cl)cc2sc(=O)oc12. The quantitative estimate of drug-likeness (QED) is 0.809. The Morgan fingerprint density at radius 1 is 1.47 bits per heavy atom. The minimum Gasteiger partial charge on any atom is -0.493 e. The fourth-order valence-corrected chi connectivity index (χ4v) is 3.13. The van der Waals surface area contributed by atoms with Crippen molar-refractivity contribution >= 4 is 41.4 Å². The van der Waals surface area contributed by atoms with E-state index in [4.69, 9.17) is 19.8 Å². The molecule has 0 spiro atoms. The molecule has 2 aromatic rings. The lowest BCUT2D eigenvalue weighted by Gasteiger charge is -2.03. The van der Waals surface area contributed by atoms with Gasteiger partial charge in [0.05, 0.1) is 17.6 Å². The molecule has 1 aromatic heterocycles. The summed E-state index contributed by atoms with van der Waals surface area (Å²) in [5, 5.41) is 0. The van der Waals surface area contributed by atoms with Crippen molar-refractivity contribution in [3.05, 3.63) is 27.4 Å². The molecular weight excluding hydrogens is 288 g/mol. The van der Waals surface area contributed by atoms with Crippen LogP contribution >= 0.6 is 22.0 Å². The summed E-state index contributed by atoms with van der Waals surface area (Å²) in [6.45, 7) is 0. The molecule has 17 heavy (non-hydrogen) atoms. The van der Waals surface area contributed by atoms with Gasteiger partial charge in [0.2, 0.25) is 9.05 Å². The number of rotatable bonds is 3. The van der Waals surface area contributed by atoms with Gasteiger partial charge in [-0.15, -0.1) is 0 Å². The summed E-state index contributed by atoms with van der Waals surface area (Å²) in [6, 6.07) is 3.03. The zero-order valence-corrected chi connectivity index (χ0v) is 11.0. The summed E-state index contributed by atoms with van der Waals surface area (Å²) < 4.78 is 32.5. The summed E-state index contributed by atoms with van der Waals surface area (Å²) in [5.74, 6) is -0.0105. The van der Waals surface area contributed by atoms with E-state index in [9.17, 15) is 13.2 Å². The molecule has 0 aliphatic heterocycles. The zero-order chi connectivity index (χ0) is 12.6. The fraction of sp³-hybridized carbons (Fsp3) is 0.222. The summed E-state index contributed by atoms with van der Waals surface area (Å²) in [6.07, 6.45) is 0. The van der Waals surface area contributed by atoms with Gasteiger partial charge in [0.15, 0.2) is 11.3 Å². The molecule has 1 aromatic carbocycles. The maximum absolute atomic E-state index is 11.1. The molecule has 1 heterocycles. The van der Waals surface area contributed by atoms with Crippen molar-refractivity contribution in [2.75, 3.05) is 7.11 Å². The maximum Gasteiger partial charge on any atom is 0.396 e. The Hall–Kier alpha value is -1.05. The van der Waals surface area contributed by atoms with Crippen LogP contribution in [0.4, 0.5) is 0 Å². The molecule has 0 radical (unpaired) electrons. The number of methoxy groups -OCH3 is 1. The van der Waals surface area contributed by atoms with Crippen LogP contribution in [0.3, 0.4) is 0 Å². The molecule has 0 aliphatic carbocycles. The summed E-state index contributed by atoms with van der Waals surface area (Å²) in [5.41, 5.74) is 0.764. The summed E-state index contributed by atoms with van der Waals surface area (Å²) in [4.78, 5) is 10.6.